The van der Waals surface area contributed by atoms with E-state index in [0.717, 1.165) is 55.5 Å². The molecule has 5 rings (SSSR count). The van der Waals surface area contributed by atoms with E-state index in [0.29, 0.717) is 39.7 Å². The van der Waals surface area contributed by atoms with Gasteiger partial charge in [0.2, 0.25) is 0 Å². The lowest BCUT2D eigenvalue weighted by molar-refractivity contribution is 0.0649. The van der Waals surface area contributed by atoms with E-state index < -0.39 is 0 Å². The van der Waals surface area contributed by atoms with E-state index in [9.17, 15) is 0 Å². The molecule has 4 heterocycles. The molecule has 8 nitrogen and oxygen atoms in total. The minimum atomic E-state index is 0.347. The number of nitrogens with zero attached hydrogens (tertiary/aromatic N) is 5. The summed E-state index contributed by atoms with van der Waals surface area (Å²) in [5.41, 5.74) is 9.89. The van der Waals surface area contributed by atoms with Crippen molar-refractivity contribution in [2.75, 3.05) is 30.8 Å². The molecule has 1 aromatic carbocycles. The van der Waals surface area contributed by atoms with Crippen molar-refractivity contribution >= 4 is 34.1 Å². The quantitative estimate of drug-likeness (QED) is 0.432. The first-order chi connectivity index (χ1) is 16.1. The van der Waals surface area contributed by atoms with Crippen molar-refractivity contribution in [3.05, 3.63) is 47.7 Å². The molecule has 0 saturated carbocycles. The second kappa shape index (κ2) is 9.33. The molecule has 0 amide bonds. The van der Waals surface area contributed by atoms with E-state index in [1.54, 1.807) is 10.9 Å². The number of nitrogens with one attached hydrogen (secondary N) is 1. The molecular weight excluding hydrogens is 438 g/mol. The number of hydrogen-bond acceptors (Lipinski definition) is 7. The highest BCUT2D eigenvalue weighted by atomic mass is 35.5. The van der Waals surface area contributed by atoms with Crippen molar-refractivity contribution in [3.8, 4) is 22.6 Å². The number of halogens is 1. The third-order valence-electron chi connectivity index (χ3n) is 6.00. The number of aromatic nitrogens is 5. The summed E-state index contributed by atoms with van der Waals surface area (Å²) in [6.07, 6.45) is 6.83. The van der Waals surface area contributed by atoms with Crippen molar-refractivity contribution in [1.29, 1.82) is 0 Å². The Morgan fingerprint density at radius 2 is 2.03 bits per heavy atom. The van der Waals surface area contributed by atoms with E-state index in [1.807, 2.05) is 43.6 Å². The molecule has 0 unspecified atom stereocenters. The summed E-state index contributed by atoms with van der Waals surface area (Å²) < 4.78 is 7.19. The average Bonchev–Trinajstić information content (AvgIpc) is 3.26. The lowest BCUT2D eigenvalue weighted by atomic mass is 9.97. The van der Waals surface area contributed by atoms with Gasteiger partial charge in [-0.3, -0.25) is 9.67 Å². The molecule has 1 aliphatic heterocycles. The monoisotopic (exact) mass is 463 g/mol. The van der Waals surface area contributed by atoms with Crippen molar-refractivity contribution in [1.82, 2.24) is 24.7 Å². The summed E-state index contributed by atoms with van der Waals surface area (Å²) in [5, 5.41) is 9.41. The molecule has 0 bridgehead atoms. The first-order valence-electron chi connectivity index (χ1n) is 11.1. The van der Waals surface area contributed by atoms with Crippen LogP contribution in [0.5, 0.6) is 0 Å². The first-order valence-corrected chi connectivity index (χ1v) is 11.5. The minimum absolute atomic E-state index is 0.347. The largest absolute Gasteiger partial charge is 0.381 e. The number of ether oxygens (including phenoxy) is 1. The van der Waals surface area contributed by atoms with Gasteiger partial charge in [0, 0.05) is 50.1 Å². The summed E-state index contributed by atoms with van der Waals surface area (Å²) in [6.45, 7) is 2.45. The van der Waals surface area contributed by atoms with E-state index in [1.165, 1.54) is 0 Å². The molecule has 9 heteroatoms. The fraction of sp³-hybridized carbons (Fsp3) is 0.333. The Labute approximate surface area is 197 Å². The van der Waals surface area contributed by atoms with Gasteiger partial charge in [0.15, 0.2) is 11.6 Å². The SMILES string of the molecule is Cn1ccc(-c2nc(N)c(NCCC3CCOCC3)nc2-c2cc(Cl)c3ncccc3c2)n1. The number of fused-ring (bicyclic) bond motifs is 1. The third-order valence-corrected chi connectivity index (χ3v) is 6.28. The maximum absolute atomic E-state index is 6.57. The van der Waals surface area contributed by atoms with Crippen LogP contribution in [0.3, 0.4) is 0 Å². The highest BCUT2D eigenvalue weighted by Crippen LogP contribution is 2.35. The van der Waals surface area contributed by atoms with Gasteiger partial charge in [-0.15, -0.1) is 0 Å². The van der Waals surface area contributed by atoms with Gasteiger partial charge in [-0.2, -0.15) is 5.10 Å². The molecule has 170 valence electrons. The zero-order valence-corrected chi connectivity index (χ0v) is 19.2. The number of aryl methyl sites for hydroxylation is 1. The second-order valence-corrected chi connectivity index (χ2v) is 8.74. The predicted molar refractivity (Wildman–Crippen MR) is 131 cm³/mol. The predicted octanol–water partition coefficient (Wildman–Crippen LogP) is 4.56. The van der Waals surface area contributed by atoms with Crippen LogP contribution in [0.2, 0.25) is 5.02 Å². The summed E-state index contributed by atoms with van der Waals surface area (Å²) in [6, 6.07) is 9.66. The molecule has 1 fully saturated rings. The molecule has 3 aromatic heterocycles. The maximum Gasteiger partial charge on any atom is 0.169 e. The number of anilines is 2. The lowest BCUT2D eigenvalue weighted by Gasteiger charge is -2.22. The van der Waals surface area contributed by atoms with Crippen LogP contribution in [0.25, 0.3) is 33.5 Å². The second-order valence-electron chi connectivity index (χ2n) is 8.33. The number of rotatable bonds is 6. The highest BCUT2D eigenvalue weighted by Gasteiger charge is 2.19. The van der Waals surface area contributed by atoms with Crippen molar-refractivity contribution in [2.24, 2.45) is 13.0 Å². The Hall–Kier alpha value is -3.23. The van der Waals surface area contributed by atoms with Crippen molar-refractivity contribution in [3.63, 3.8) is 0 Å². The van der Waals surface area contributed by atoms with Crippen molar-refractivity contribution in [2.45, 2.75) is 19.3 Å². The zero-order valence-electron chi connectivity index (χ0n) is 18.5. The summed E-state index contributed by atoms with van der Waals surface area (Å²) in [7, 11) is 1.87. The van der Waals surface area contributed by atoms with E-state index in [2.05, 4.69) is 15.4 Å². The molecule has 33 heavy (non-hydrogen) atoms. The maximum atomic E-state index is 6.57. The van der Waals surface area contributed by atoms with Gasteiger partial charge in [-0.1, -0.05) is 17.7 Å². The smallest absolute Gasteiger partial charge is 0.169 e. The fourth-order valence-electron chi connectivity index (χ4n) is 4.21. The van der Waals surface area contributed by atoms with Gasteiger partial charge in [-0.25, -0.2) is 9.97 Å². The van der Waals surface area contributed by atoms with Gasteiger partial charge in [-0.05, 0) is 49.4 Å². The number of benzene rings is 1. The number of hydrogen-bond donors (Lipinski definition) is 2. The Morgan fingerprint density at radius 1 is 1.18 bits per heavy atom. The third kappa shape index (κ3) is 4.62. The summed E-state index contributed by atoms with van der Waals surface area (Å²) >= 11 is 6.57. The Balaban J connectivity index is 1.53. The standard InChI is InChI=1S/C24H26ClN7O/c1-32-10-5-19(31-32)22-21(17-13-16-3-2-8-27-20(16)18(25)14-17)30-24(23(26)29-22)28-9-4-15-6-11-33-12-7-15/h2-3,5,8,10,13-15H,4,6-7,9,11-12H2,1H3,(H2,26,29)(H,28,30). The molecule has 3 N–H and O–H groups in total. The van der Waals surface area contributed by atoms with Crippen LogP contribution in [0.15, 0.2) is 42.7 Å². The summed E-state index contributed by atoms with van der Waals surface area (Å²) in [5.74, 6) is 1.57. The normalized spacial score (nSPS) is 14.6. The van der Waals surface area contributed by atoms with Gasteiger partial charge < -0.3 is 15.8 Å². The summed E-state index contributed by atoms with van der Waals surface area (Å²) in [4.78, 5) is 14.0. The molecule has 1 aliphatic rings. The van der Waals surface area contributed by atoms with Crippen LogP contribution in [0.1, 0.15) is 19.3 Å². The number of nitrogen functional groups attached to an aromatic ring is 1. The van der Waals surface area contributed by atoms with Crippen LogP contribution in [-0.2, 0) is 11.8 Å². The molecule has 0 radical (unpaired) electrons. The topological polar surface area (TPSA) is 104 Å². The zero-order chi connectivity index (χ0) is 22.8. The number of pyridine rings is 1. The van der Waals surface area contributed by atoms with Crippen LogP contribution in [0.4, 0.5) is 11.6 Å². The Kier molecular flexibility index (Phi) is 6.11. The van der Waals surface area contributed by atoms with E-state index >= 15 is 0 Å². The van der Waals surface area contributed by atoms with E-state index in [-0.39, 0.29) is 0 Å². The van der Waals surface area contributed by atoms with Gasteiger partial charge in [0.1, 0.15) is 17.1 Å². The van der Waals surface area contributed by atoms with Gasteiger partial charge in [0.25, 0.3) is 0 Å². The number of nitrogens with two attached hydrogens (primary N) is 1. The Morgan fingerprint density at radius 3 is 2.82 bits per heavy atom. The molecule has 4 aromatic rings. The van der Waals surface area contributed by atoms with Crippen LogP contribution in [-0.4, -0.2) is 44.5 Å². The molecule has 0 atom stereocenters. The fourth-order valence-corrected chi connectivity index (χ4v) is 4.49. The minimum Gasteiger partial charge on any atom is -0.381 e. The van der Waals surface area contributed by atoms with Gasteiger partial charge in [0.05, 0.1) is 10.5 Å². The molecule has 0 spiro atoms. The molecule has 0 aliphatic carbocycles. The molecule has 1 saturated heterocycles. The van der Waals surface area contributed by atoms with Gasteiger partial charge >= 0.3 is 0 Å². The first kappa shape index (κ1) is 21.6. The van der Waals surface area contributed by atoms with Crippen LogP contribution < -0.4 is 11.1 Å². The lowest BCUT2D eigenvalue weighted by Crippen LogP contribution is -2.19. The van der Waals surface area contributed by atoms with Crippen LogP contribution in [0, 0.1) is 5.92 Å². The molecular formula is C24H26ClN7O. The highest BCUT2D eigenvalue weighted by molar-refractivity contribution is 6.35. The van der Waals surface area contributed by atoms with Crippen LogP contribution >= 0.6 is 11.6 Å². The Bertz CT molecular complexity index is 1280. The van der Waals surface area contributed by atoms with Crippen molar-refractivity contribution < 1.29 is 4.74 Å². The average molecular weight is 464 g/mol. The van der Waals surface area contributed by atoms with E-state index in [4.69, 9.17) is 32.0 Å².